The summed E-state index contributed by atoms with van der Waals surface area (Å²) in [4.78, 5) is -0.0704. The minimum Gasteiger partial charge on any atom is -0.207 e. The second-order valence-corrected chi connectivity index (χ2v) is 6.18. The SMILES string of the molecule is Cc1ccc(C(Br)c2ccc3c(c2)CCC3)c(F)c1. The number of hydrogen-bond acceptors (Lipinski definition) is 0. The van der Waals surface area contributed by atoms with Crippen LogP contribution < -0.4 is 0 Å². The zero-order chi connectivity index (χ0) is 13.4. The molecule has 2 aromatic rings. The minimum atomic E-state index is -0.137. The van der Waals surface area contributed by atoms with Gasteiger partial charge in [-0.05, 0) is 54.5 Å². The van der Waals surface area contributed by atoms with Crippen molar-refractivity contribution in [3.8, 4) is 0 Å². The number of aryl methyl sites for hydroxylation is 3. The molecular formula is C17H16BrF. The molecule has 0 saturated carbocycles. The maximum atomic E-state index is 14.0. The molecule has 0 N–H and O–H groups in total. The molecule has 19 heavy (non-hydrogen) atoms. The first-order valence-corrected chi connectivity index (χ1v) is 7.58. The van der Waals surface area contributed by atoms with Crippen molar-refractivity contribution in [1.82, 2.24) is 0 Å². The lowest BCUT2D eigenvalue weighted by Gasteiger charge is -2.14. The zero-order valence-electron chi connectivity index (χ0n) is 10.9. The van der Waals surface area contributed by atoms with Crippen LogP contribution in [-0.2, 0) is 12.8 Å². The molecule has 0 bridgehead atoms. The number of fused-ring (bicyclic) bond motifs is 1. The zero-order valence-corrected chi connectivity index (χ0v) is 12.5. The fourth-order valence-corrected chi connectivity index (χ4v) is 3.42. The van der Waals surface area contributed by atoms with E-state index in [-0.39, 0.29) is 10.6 Å². The highest BCUT2D eigenvalue weighted by Crippen LogP contribution is 2.35. The van der Waals surface area contributed by atoms with Crippen LogP contribution in [0.5, 0.6) is 0 Å². The summed E-state index contributed by atoms with van der Waals surface area (Å²) in [5, 5.41) is 0. The molecule has 0 fully saturated rings. The largest absolute Gasteiger partial charge is 0.207 e. The highest BCUT2D eigenvalue weighted by atomic mass is 79.9. The molecule has 2 aromatic carbocycles. The second kappa shape index (κ2) is 5.09. The average Bonchev–Trinajstić information content (AvgIpc) is 2.85. The third kappa shape index (κ3) is 2.46. The first-order chi connectivity index (χ1) is 9.15. The highest BCUT2D eigenvalue weighted by Gasteiger charge is 2.18. The molecule has 0 aromatic heterocycles. The average molecular weight is 319 g/mol. The van der Waals surface area contributed by atoms with E-state index >= 15 is 0 Å². The molecule has 0 amide bonds. The van der Waals surface area contributed by atoms with E-state index in [1.165, 1.54) is 24.0 Å². The Kier molecular flexibility index (Phi) is 3.44. The maximum absolute atomic E-state index is 14.0. The predicted octanol–water partition coefficient (Wildman–Crippen LogP) is 5.11. The summed E-state index contributed by atoms with van der Waals surface area (Å²) in [7, 11) is 0. The van der Waals surface area contributed by atoms with Crippen LogP contribution in [0.4, 0.5) is 4.39 Å². The second-order valence-electron chi connectivity index (χ2n) is 5.27. The fourth-order valence-electron chi connectivity index (χ4n) is 2.77. The lowest BCUT2D eigenvalue weighted by Crippen LogP contribution is -1.98. The summed E-state index contributed by atoms with van der Waals surface area (Å²) < 4.78 is 14.0. The molecule has 1 atom stereocenters. The van der Waals surface area contributed by atoms with Gasteiger partial charge >= 0.3 is 0 Å². The lowest BCUT2D eigenvalue weighted by atomic mass is 9.99. The third-order valence-electron chi connectivity index (χ3n) is 3.84. The topological polar surface area (TPSA) is 0 Å². The Balaban J connectivity index is 1.97. The van der Waals surface area contributed by atoms with Crippen LogP contribution in [0.1, 0.15) is 39.1 Å². The Morgan fingerprint density at radius 3 is 2.63 bits per heavy atom. The molecular weight excluding hydrogens is 303 g/mol. The van der Waals surface area contributed by atoms with Crippen molar-refractivity contribution in [1.29, 1.82) is 0 Å². The van der Waals surface area contributed by atoms with Gasteiger partial charge < -0.3 is 0 Å². The number of benzene rings is 2. The summed E-state index contributed by atoms with van der Waals surface area (Å²) in [5.74, 6) is -0.137. The quantitative estimate of drug-likeness (QED) is 0.675. The van der Waals surface area contributed by atoms with Crippen LogP contribution in [0, 0.1) is 12.7 Å². The van der Waals surface area contributed by atoms with Gasteiger partial charge in [-0.3, -0.25) is 0 Å². The summed E-state index contributed by atoms with van der Waals surface area (Å²) in [5.41, 5.74) is 5.68. The van der Waals surface area contributed by atoms with Gasteiger partial charge in [0.05, 0.1) is 4.83 Å². The van der Waals surface area contributed by atoms with Gasteiger partial charge in [-0.25, -0.2) is 4.39 Å². The van der Waals surface area contributed by atoms with Crippen molar-refractivity contribution < 1.29 is 4.39 Å². The monoisotopic (exact) mass is 318 g/mol. The van der Waals surface area contributed by atoms with E-state index in [0.29, 0.717) is 5.56 Å². The van der Waals surface area contributed by atoms with E-state index in [9.17, 15) is 4.39 Å². The molecule has 1 aliphatic carbocycles. The van der Waals surface area contributed by atoms with Gasteiger partial charge in [0.2, 0.25) is 0 Å². The van der Waals surface area contributed by atoms with E-state index in [0.717, 1.165) is 17.5 Å². The van der Waals surface area contributed by atoms with Crippen LogP contribution in [-0.4, -0.2) is 0 Å². The summed E-state index contributed by atoms with van der Waals surface area (Å²) in [6.45, 7) is 1.91. The van der Waals surface area contributed by atoms with Crippen LogP contribution in [0.25, 0.3) is 0 Å². The Labute approximate surface area is 121 Å². The van der Waals surface area contributed by atoms with Crippen molar-refractivity contribution in [2.45, 2.75) is 31.0 Å². The standard InChI is InChI=1S/C17H16BrF/c1-11-5-8-15(16(19)9-11)17(18)14-7-6-12-3-2-4-13(12)10-14/h5-10,17H,2-4H2,1H3. The molecule has 0 heterocycles. The number of alkyl halides is 1. The molecule has 3 rings (SSSR count). The van der Waals surface area contributed by atoms with Gasteiger partial charge in [0.25, 0.3) is 0 Å². The molecule has 1 unspecified atom stereocenters. The Bertz CT molecular complexity index is 619. The van der Waals surface area contributed by atoms with Crippen molar-refractivity contribution in [2.24, 2.45) is 0 Å². The lowest BCUT2D eigenvalue weighted by molar-refractivity contribution is 0.612. The summed E-state index contributed by atoms with van der Waals surface area (Å²) in [6, 6.07) is 12.0. The van der Waals surface area contributed by atoms with Crippen LogP contribution >= 0.6 is 15.9 Å². The molecule has 2 heteroatoms. The predicted molar refractivity (Wildman–Crippen MR) is 80.4 cm³/mol. The summed E-state index contributed by atoms with van der Waals surface area (Å²) in [6.07, 6.45) is 3.57. The van der Waals surface area contributed by atoms with Crippen LogP contribution in [0.15, 0.2) is 36.4 Å². The summed E-state index contributed by atoms with van der Waals surface area (Å²) >= 11 is 3.64. The van der Waals surface area contributed by atoms with Gasteiger partial charge in [0, 0.05) is 5.56 Å². The molecule has 0 saturated heterocycles. The number of rotatable bonds is 2. The Hall–Kier alpha value is -1.15. The first-order valence-electron chi connectivity index (χ1n) is 6.67. The Morgan fingerprint density at radius 2 is 1.84 bits per heavy atom. The molecule has 0 nitrogen and oxygen atoms in total. The molecule has 1 aliphatic rings. The molecule has 0 radical (unpaired) electrons. The van der Waals surface area contributed by atoms with E-state index < -0.39 is 0 Å². The van der Waals surface area contributed by atoms with Crippen molar-refractivity contribution >= 4 is 15.9 Å². The van der Waals surface area contributed by atoms with Crippen LogP contribution in [0.2, 0.25) is 0 Å². The number of hydrogen-bond donors (Lipinski definition) is 0. The number of halogens is 2. The van der Waals surface area contributed by atoms with Crippen molar-refractivity contribution in [2.75, 3.05) is 0 Å². The van der Waals surface area contributed by atoms with Gasteiger partial charge in [0.15, 0.2) is 0 Å². The minimum absolute atomic E-state index is 0.0704. The van der Waals surface area contributed by atoms with Gasteiger partial charge in [-0.15, -0.1) is 0 Å². The smallest absolute Gasteiger partial charge is 0.128 e. The maximum Gasteiger partial charge on any atom is 0.128 e. The van der Waals surface area contributed by atoms with Gasteiger partial charge in [-0.2, -0.15) is 0 Å². The normalized spacial score (nSPS) is 15.3. The van der Waals surface area contributed by atoms with Gasteiger partial charge in [-0.1, -0.05) is 46.3 Å². The fraction of sp³-hybridized carbons (Fsp3) is 0.294. The van der Waals surface area contributed by atoms with Crippen molar-refractivity contribution in [3.63, 3.8) is 0 Å². The van der Waals surface area contributed by atoms with Crippen molar-refractivity contribution in [3.05, 3.63) is 70.0 Å². The first kappa shape index (κ1) is 12.9. The van der Waals surface area contributed by atoms with E-state index in [1.807, 2.05) is 19.1 Å². The molecule has 0 aliphatic heterocycles. The van der Waals surface area contributed by atoms with E-state index in [1.54, 1.807) is 6.07 Å². The molecule has 98 valence electrons. The molecule has 0 spiro atoms. The van der Waals surface area contributed by atoms with Crippen LogP contribution in [0.3, 0.4) is 0 Å². The van der Waals surface area contributed by atoms with E-state index in [4.69, 9.17) is 0 Å². The third-order valence-corrected chi connectivity index (χ3v) is 4.87. The highest BCUT2D eigenvalue weighted by molar-refractivity contribution is 9.09. The van der Waals surface area contributed by atoms with E-state index in [2.05, 4.69) is 34.1 Å². The Morgan fingerprint density at radius 1 is 1.05 bits per heavy atom. The van der Waals surface area contributed by atoms with Gasteiger partial charge in [0.1, 0.15) is 5.82 Å².